The van der Waals surface area contributed by atoms with Gasteiger partial charge in [0.15, 0.2) is 27.9 Å². The van der Waals surface area contributed by atoms with E-state index in [1.807, 2.05) is 30.3 Å². The molecule has 0 radical (unpaired) electrons. The number of ether oxygens (including phenoxy) is 1. The molecule has 9 heteroatoms. The van der Waals surface area contributed by atoms with Crippen molar-refractivity contribution in [3.63, 3.8) is 0 Å². The largest absolute Gasteiger partial charge is 0.486 e. The summed E-state index contributed by atoms with van der Waals surface area (Å²) in [5.74, 6) is 2.51. The van der Waals surface area contributed by atoms with Crippen LogP contribution in [0.15, 0.2) is 41.1 Å². The molecule has 0 aliphatic carbocycles. The number of sulfone groups is 1. The Kier molecular flexibility index (Phi) is 4.23. The lowest BCUT2D eigenvalue weighted by Gasteiger charge is -2.10. The Balaban J connectivity index is 1.65. The highest BCUT2D eigenvalue weighted by molar-refractivity contribution is 7.91. The number of oxazole rings is 1. The van der Waals surface area contributed by atoms with Crippen LogP contribution in [0.5, 0.6) is 5.75 Å². The number of hydrogen-bond donors (Lipinski definition) is 0. The van der Waals surface area contributed by atoms with Gasteiger partial charge in [-0.1, -0.05) is 18.2 Å². The number of para-hydroxylation sites is 1. The minimum absolute atomic E-state index is 0.0548. The van der Waals surface area contributed by atoms with Crippen LogP contribution in [0, 0.1) is 6.92 Å². The summed E-state index contributed by atoms with van der Waals surface area (Å²) in [5, 5.41) is 4.50. The van der Waals surface area contributed by atoms with Gasteiger partial charge in [0, 0.05) is 0 Å². The maximum absolute atomic E-state index is 11.9. The molecule has 1 fully saturated rings. The van der Waals surface area contributed by atoms with Gasteiger partial charge >= 0.3 is 0 Å². The van der Waals surface area contributed by atoms with E-state index in [4.69, 9.17) is 9.15 Å². The quantitative estimate of drug-likeness (QED) is 0.675. The zero-order valence-electron chi connectivity index (χ0n) is 14.2. The molecule has 1 atom stereocenters. The summed E-state index contributed by atoms with van der Waals surface area (Å²) in [6.45, 7) is 1.97. The Labute approximate surface area is 150 Å². The van der Waals surface area contributed by atoms with Crippen LogP contribution in [0.3, 0.4) is 0 Å². The number of nitrogens with zero attached hydrogens (tertiary/aromatic N) is 4. The van der Waals surface area contributed by atoms with Gasteiger partial charge in [-0.3, -0.25) is 0 Å². The fourth-order valence-electron chi connectivity index (χ4n) is 3.00. The van der Waals surface area contributed by atoms with Crippen LogP contribution >= 0.6 is 0 Å². The van der Waals surface area contributed by atoms with Gasteiger partial charge in [0.05, 0.1) is 17.5 Å². The minimum Gasteiger partial charge on any atom is -0.486 e. The first-order valence-corrected chi connectivity index (χ1v) is 10.1. The van der Waals surface area contributed by atoms with E-state index in [0.717, 1.165) is 0 Å². The lowest BCUT2D eigenvalue weighted by atomic mass is 10.2. The highest BCUT2D eigenvalue weighted by atomic mass is 32.2. The average molecular weight is 374 g/mol. The van der Waals surface area contributed by atoms with E-state index in [0.29, 0.717) is 35.3 Å². The molecule has 1 saturated heterocycles. The highest BCUT2D eigenvalue weighted by Crippen LogP contribution is 2.29. The maximum atomic E-state index is 11.9. The summed E-state index contributed by atoms with van der Waals surface area (Å²) >= 11 is 0. The Bertz CT molecular complexity index is 1010. The molecule has 2 aromatic heterocycles. The molecule has 0 unspecified atom stereocenters. The predicted octanol–water partition coefficient (Wildman–Crippen LogP) is 2.18. The third-order valence-electron chi connectivity index (χ3n) is 4.30. The molecule has 1 aromatic carbocycles. The summed E-state index contributed by atoms with van der Waals surface area (Å²) in [6.07, 6.45) is 1.85. The normalized spacial score (nSPS) is 18.9. The van der Waals surface area contributed by atoms with E-state index < -0.39 is 9.84 Å². The first-order valence-electron chi connectivity index (χ1n) is 8.26. The molecule has 0 saturated carbocycles. The smallest absolute Gasteiger partial charge is 0.188 e. The molecular weight excluding hydrogens is 356 g/mol. The lowest BCUT2D eigenvalue weighted by Crippen LogP contribution is -2.14. The molecular formula is C17H18N4O4S. The van der Waals surface area contributed by atoms with Gasteiger partial charge in [0.2, 0.25) is 0 Å². The third-order valence-corrected chi connectivity index (χ3v) is 6.05. The molecule has 0 spiro atoms. The molecule has 0 bridgehead atoms. The third kappa shape index (κ3) is 3.34. The van der Waals surface area contributed by atoms with Gasteiger partial charge in [0.1, 0.15) is 23.8 Å². The van der Waals surface area contributed by atoms with Gasteiger partial charge in [-0.2, -0.15) is 5.10 Å². The fraction of sp³-hybridized carbons (Fsp3) is 0.353. The summed E-state index contributed by atoms with van der Waals surface area (Å²) in [6, 6.07) is 9.12. The second kappa shape index (κ2) is 6.56. The van der Waals surface area contributed by atoms with Crippen LogP contribution in [-0.4, -0.2) is 39.7 Å². The van der Waals surface area contributed by atoms with Crippen LogP contribution in [-0.2, 0) is 16.4 Å². The topological polar surface area (TPSA) is 100 Å². The van der Waals surface area contributed by atoms with Gasteiger partial charge < -0.3 is 9.15 Å². The second-order valence-corrected chi connectivity index (χ2v) is 8.44. The van der Waals surface area contributed by atoms with Gasteiger partial charge in [-0.05, 0) is 25.5 Å². The molecule has 4 rings (SSSR count). The monoisotopic (exact) mass is 374 g/mol. The van der Waals surface area contributed by atoms with Crippen LogP contribution in [0.4, 0.5) is 0 Å². The Morgan fingerprint density at radius 1 is 1.31 bits per heavy atom. The summed E-state index contributed by atoms with van der Waals surface area (Å²) in [4.78, 5) is 8.74. The first kappa shape index (κ1) is 16.8. The van der Waals surface area contributed by atoms with E-state index >= 15 is 0 Å². The van der Waals surface area contributed by atoms with E-state index in [-0.39, 0.29) is 24.2 Å². The van der Waals surface area contributed by atoms with Crippen LogP contribution in [0.1, 0.15) is 24.0 Å². The van der Waals surface area contributed by atoms with Gasteiger partial charge in [-0.25, -0.2) is 23.1 Å². The summed E-state index contributed by atoms with van der Waals surface area (Å²) in [7, 11) is -3.05. The zero-order valence-corrected chi connectivity index (χ0v) is 15.0. The number of benzene rings is 1. The molecule has 0 N–H and O–H groups in total. The molecule has 8 nitrogen and oxygen atoms in total. The predicted molar refractivity (Wildman–Crippen MR) is 93.3 cm³/mol. The SMILES string of the molecule is Cc1ocnc1-c1nc(COc2ccccc2)nn1[C@H]1CCS(=O)(=O)C1. The molecule has 1 aliphatic rings. The standard InChI is InChI=1S/C17H18N4O4S/c1-12-16(18-11-25-12)17-19-15(9-24-14-5-3-2-4-6-14)20-21(17)13-7-8-26(22,23)10-13/h2-6,11,13H,7-10H2,1H3/t13-/m0/s1. The van der Waals surface area contributed by atoms with Crippen molar-refractivity contribution in [2.45, 2.75) is 26.0 Å². The van der Waals surface area contributed by atoms with Crippen molar-refractivity contribution in [1.82, 2.24) is 19.7 Å². The van der Waals surface area contributed by atoms with Gasteiger partial charge in [0.25, 0.3) is 0 Å². The van der Waals surface area contributed by atoms with Crippen molar-refractivity contribution >= 4 is 9.84 Å². The molecule has 3 heterocycles. The van der Waals surface area contributed by atoms with Crippen molar-refractivity contribution in [1.29, 1.82) is 0 Å². The zero-order chi connectivity index (χ0) is 18.1. The van der Waals surface area contributed by atoms with Crippen LogP contribution in [0.2, 0.25) is 0 Å². The van der Waals surface area contributed by atoms with Crippen LogP contribution < -0.4 is 4.74 Å². The van der Waals surface area contributed by atoms with Crippen molar-refractivity contribution in [2.24, 2.45) is 0 Å². The Hall–Kier alpha value is -2.68. The van der Waals surface area contributed by atoms with E-state index in [9.17, 15) is 8.42 Å². The lowest BCUT2D eigenvalue weighted by molar-refractivity contribution is 0.294. The van der Waals surface area contributed by atoms with Gasteiger partial charge in [-0.15, -0.1) is 0 Å². The highest BCUT2D eigenvalue weighted by Gasteiger charge is 2.33. The first-order chi connectivity index (χ1) is 12.5. The van der Waals surface area contributed by atoms with E-state index in [2.05, 4.69) is 15.1 Å². The second-order valence-electron chi connectivity index (χ2n) is 6.21. The number of aryl methyl sites for hydroxylation is 1. The number of aromatic nitrogens is 4. The molecule has 0 amide bonds. The minimum atomic E-state index is -3.05. The van der Waals surface area contributed by atoms with E-state index in [1.54, 1.807) is 11.6 Å². The summed E-state index contributed by atoms with van der Waals surface area (Å²) in [5.41, 5.74) is 0.563. The van der Waals surface area contributed by atoms with Crippen molar-refractivity contribution in [3.05, 3.63) is 48.3 Å². The number of rotatable bonds is 5. The van der Waals surface area contributed by atoms with Crippen molar-refractivity contribution < 1.29 is 17.6 Å². The van der Waals surface area contributed by atoms with Crippen LogP contribution in [0.25, 0.3) is 11.5 Å². The maximum Gasteiger partial charge on any atom is 0.188 e. The molecule has 136 valence electrons. The average Bonchev–Trinajstić information content (AvgIpc) is 3.32. The Morgan fingerprint density at radius 3 is 2.77 bits per heavy atom. The molecule has 3 aromatic rings. The number of hydrogen-bond acceptors (Lipinski definition) is 7. The van der Waals surface area contributed by atoms with E-state index in [1.165, 1.54) is 6.39 Å². The van der Waals surface area contributed by atoms with Crippen molar-refractivity contribution in [3.8, 4) is 17.3 Å². The Morgan fingerprint density at radius 2 is 2.12 bits per heavy atom. The summed E-state index contributed by atoms with van der Waals surface area (Å²) < 4.78 is 36.4. The fourth-order valence-corrected chi connectivity index (χ4v) is 4.69. The van der Waals surface area contributed by atoms with Crippen molar-refractivity contribution in [2.75, 3.05) is 11.5 Å². The molecule has 26 heavy (non-hydrogen) atoms. The molecule has 1 aliphatic heterocycles.